The van der Waals surface area contributed by atoms with Crippen molar-refractivity contribution in [3.05, 3.63) is 65.0 Å². The maximum atomic E-state index is 13.5. The molecule has 0 aliphatic heterocycles. The molecule has 19 heavy (non-hydrogen) atoms. The summed E-state index contributed by atoms with van der Waals surface area (Å²) in [5.41, 5.74) is 1.38. The van der Waals surface area contributed by atoms with E-state index in [1.54, 1.807) is 11.3 Å². The van der Waals surface area contributed by atoms with E-state index in [2.05, 4.69) is 5.32 Å². The zero-order valence-corrected chi connectivity index (χ0v) is 10.8. The predicted octanol–water partition coefficient (Wildman–Crippen LogP) is 4.79. The lowest BCUT2D eigenvalue weighted by atomic mass is 10.2. The minimum Gasteiger partial charge on any atom is -0.381 e. The van der Waals surface area contributed by atoms with Gasteiger partial charge in [0.05, 0.1) is 0 Å². The molecule has 0 saturated carbocycles. The summed E-state index contributed by atoms with van der Waals surface area (Å²) in [5, 5.41) is 6.34. The van der Waals surface area contributed by atoms with Crippen LogP contribution in [0.1, 0.15) is 5.56 Å². The van der Waals surface area contributed by atoms with Crippen molar-refractivity contribution in [1.29, 1.82) is 0 Å². The SMILES string of the molecule is Fc1ccc(CNc2ccc3sccc3c2)c(F)c1. The van der Waals surface area contributed by atoms with Crippen LogP contribution in [0.5, 0.6) is 0 Å². The smallest absolute Gasteiger partial charge is 0.131 e. The second kappa shape index (κ2) is 4.97. The molecular formula is C15H11F2NS. The number of fused-ring (bicyclic) bond motifs is 1. The van der Waals surface area contributed by atoms with E-state index in [0.29, 0.717) is 12.1 Å². The van der Waals surface area contributed by atoms with Gasteiger partial charge in [-0.15, -0.1) is 11.3 Å². The van der Waals surface area contributed by atoms with Crippen LogP contribution in [-0.2, 0) is 6.54 Å². The Morgan fingerprint density at radius 1 is 1.00 bits per heavy atom. The molecule has 0 bridgehead atoms. The van der Waals surface area contributed by atoms with Gasteiger partial charge in [-0.1, -0.05) is 6.07 Å². The minimum atomic E-state index is -0.555. The summed E-state index contributed by atoms with van der Waals surface area (Å²) in [6, 6.07) is 11.7. The number of anilines is 1. The molecule has 96 valence electrons. The summed E-state index contributed by atoms with van der Waals surface area (Å²) in [5.74, 6) is -1.08. The summed E-state index contributed by atoms with van der Waals surface area (Å²) in [6.45, 7) is 0.335. The number of hydrogen-bond donors (Lipinski definition) is 1. The molecule has 1 heterocycles. The monoisotopic (exact) mass is 275 g/mol. The highest BCUT2D eigenvalue weighted by atomic mass is 32.1. The number of nitrogens with one attached hydrogen (secondary N) is 1. The molecule has 0 amide bonds. The number of benzene rings is 2. The van der Waals surface area contributed by atoms with Gasteiger partial charge in [0, 0.05) is 28.6 Å². The van der Waals surface area contributed by atoms with E-state index in [4.69, 9.17) is 0 Å². The van der Waals surface area contributed by atoms with Gasteiger partial charge < -0.3 is 5.32 Å². The normalized spacial score (nSPS) is 10.8. The Labute approximate surface area is 113 Å². The predicted molar refractivity (Wildman–Crippen MR) is 75.5 cm³/mol. The maximum absolute atomic E-state index is 13.5. The maximum Gasteiger partial charge on any atom is 0.131 e. The van der Waals surface area contributed by atoms with Crippen molar-refractivity contribution in [2.24, 2.45) is 0 Å². The number of halogens is 2. The van der Waals surface area contributed by atoms with Crippen LogP contribution in [-0.4, -0.2) is 0 Å². The molecule has 1 nitrogen and oxygen atoms in total. The molecule has 3 rings (SSSR count). The average Bonchev–Trinajstić information content (AvgIpc) is 2.85. The van der Waals surface area contributed by atoms with Gasteiger partial charge in [-0.2, -0.15) is 0 Å². The van der Waals surface area contributed by atoms with Gasteiger partial charge in [0.1, 0.15) is 11.6 Å². The Morgan fingerprint density at radius 3 is 2.74 bits per heavy atom. The van der Waals surface area contributed by atoms with Crippen LogP contribution >= 0.6 is 11.3 Å². The van der Waals surface area contributed by atoms with Gasteiger partial charge in [0.2, 0.25) is 0 Å². The van der Waals surface area contributed by atoms with Gasteiger partial charge in [0.15, 0.2) is 0 Å². The first kappa shape index (κ1) is 12.1. The molecule has 0 aliphatic carbocycles. The van der Waals surface area contributed by atoms with E-state index < -0.39 is 11.6 Å². The zero-order valence-electron chi connectivity index (χ0n) is 9.99. The van der Waals surface area contributed by atoms with Crippen molar-refractivity contribution in [3.8, 4) is 0 Å². The van der Waals surface area contributed by atoms with Crippen LogP contribution in [0.3, 0.4) is 0 Å². The molecule has 4 heteroatoms. The summed E-state index contributed by atoms with van der Waals surface area (Å²) in [6.07, 6.45) is 0. The molecule has 1 N–H and O–H groups in total. The molecule has 2 aromatic carbocycles. The van der Waals surface area contributed by atoms with Gasteiger partial charge in [-0.25, -0.2) is 8.78 Å². The topological polar surface area (TPSA) is 12.0 Å². The Bertz CT molecular complexity index is 721. The quantitative estimate of drug-likeness (QED) is 0.724. The molecule has 0 aliphatic rings. The molecule has 0 saturated heterocycles. The summed E-state index contributed by atoms with van der Waals surface area (Å²) in [7, 11) is 0. The van der Waals surface area contributed by atoms with Crippen molar-refractivity contribution < 1.29 is 8.78 Å². The number of thiophene rings is 1. The number of hydrogen-bond acceptors (Lipinski definition) is 2. The first-order valence-corrected chi connectivity index (χ1v) is 6.75. The van der Waals surface area contributed by atoms with E-state index >= 15 is 0 Å². The van der Waals surface area contributed by atoms with Crippen molar-refractivity contribution in [2.45, 2.75) is 6.54 Å². The van der Waals surface area contributed by atoms with Crippen LogP contribution in [0.4, 0.5) is 14.5 Å². The molecule has 0 fully saturated rings. The minimum absolute atomic E-state index is 0.335. The highest BCUT2D eigenvalue weighted by Crippen LogP contribution is 2.24. The second-order valence-electron chi connectivity index (χ2n) is 4.26. The third-order valence-corrected chi connectivity index (χ3v) is 3.85. The first-order chi connectivity index (χ1) is 9.22. The Hall–Kier alpha value is -1.94. The third-order valence-electron chi connectivity index (χ3n) is 2.95. The highest BCUT2D eigenvalue weighted by Gasteiger charge is 2.04. The lowest BCUT2D eigenvalue weighted by molar-refractivity contribution is 0.574. The van der Waals surface area contributed by atoms with Gasteiger partial charge in [0.25, 0.3) is 0 Å². The largest absolute Gasteiger partial charge is 0.381 e. The van der Waals surface area contributed by atoms with E-state index in [1.807, 2.05) is 29.6 Å². The molecule has 0 radical (unpaired) electrons. The van der Waals surface area contributed by atoms with Crippen LogP contribution in [0.15, 0.2) is 47.8 Å². The van der Waals surface area contributed by atoms with Crippen molar-refractivity contribution in [2.75, 3.05) is 5.32 Å². The summed E-state index contributed by atoms with van der Waals surface area (Å²) in [4.78, 5) is 0. The molecule has 0 spiro atoms. The fourth-order valence-electron chi connectivity index (χ4n) is 1.94. The zero-order chi connectivity index (χ0) is 13.2. The summed E-state index contributed by atoms with van der Waals surface area (Å²) >= 11 is 1.69. The fraction of sp³-hybridized carbons (Fsp3) is 0.0667. The van der Waals surface area contributed by atoms with E-state index in [1.165, 1.54) is 16.8 Å². The first-order valence-electron chi connectivity index (χ1n) is 5.87. The lowest BCUT2D eigenvalue weighted by Crippen LogP contribution is -2.01. The summed E-state index contributed by atoms with van der Waals surface area (Å²) < 4.78 is 27.5. The van der Waals surface area contributed by atoms with E-state index in [-0.39, 0.29) is 0 Å². The van der Waals surface area contributed by atoms with Gasteiger partial charge in [-0.3, -0.25) is 0 Å². The van der Waals surface area contributed by atoms with Crippen molar-refractivity contribution in [3.63, 3.8) is 0 Å². The van der Waals surface area contributed by atoms with Crippen molar-refractivity contribution >= 4 is 27.1 Å². The lowest BCUT2D eigenvalue weighted by Gasteiger charge is -2.07. The van der Waals surface area contributed by atoms with Crippen LogP contribution in [0, 0.1) is 11.6 Å². The van der Waals surface area contributed by atoms with Crippen LogP contribution in [0.2, 0.25) is 0 Å². The van der Waals surface area contributed by atoms with E-state index in [9.17, 15) is 8.78 Å². The second-order valence-corrected chi connectivity index (χ2v) is 5.21. The standard InChI is InChI=1S/C15H11F2NS/c16-12-2-1-11(14(17)8-12)9-18-13-3-4-15-10(7-13)5-6-19-15/h1-8,18H,9H2. The van der Waals surface area contributed by atoms with E-state index in [0.717, 1.165) is 17.1 Å². The van der Waals surface area contributed by atoms with Crippen LogP contribution < -0.4 is 5.32 Å². The highest BCUT2D eigenvalue weighted by molar-refractivity contribution is 7.17. The number of rotatable bonds is 3. The molecule has 0 unspecified atom stereocenters. The van der Waals surface area contributed by atoms with Gasteiger partial charge in [-0.05, 0) is 41.1 Å². The molecular weight excluding hydrogens is 264 g/mol. The Kier molecular flexibility index (Phi) is 3.17. The van der Waals surface area contributed by atoms with Gasteiger partial charge >= 0.3 is 0 Å². The Balaban J connectivity index is 1.77. The third kappa shape index (κ3) is 2.58. The Morgan fingerprint density at radius 2 is 1.89 bits per heavy atom. The molecule has 1 aromatic heterocycles. The average molecular weight is 275 g/mol. The van der Waals surface area contributed by atoms with Crippen molar-refractivity contribution in [1.82, 2.24) is 0 Å². The molecule has 3 aromatic rings. The fourth-order valence-corrected chi connectivity index (χ4v) is 2.71. The van der Waals surface area contributed by atoms with Crippen LogP contribution in [0.25, 0.3) is 10.1 Å². The molecule has 0 atom stereocenters.